The summed E-state index contributed by atoms with van der Waals surface area (Å²) in [5.41, 5.74) is 0. The summed E-state index contributed by atoms with van der Waals surface area (Å²) in [6.45, 7) is 1.70. The summed E-state index contributed by atoms with van der Waals surface area (Å²) < 4.78 is 1.80. The number of aryl methyl sites for hydroxylation is 1. The van der Waals surface area contributed by atoms with Gasteiger partial charge >= 0.3 is 0 Å². The lowest BCUT2D eigenvalue weighted by molar-refractivity contribution is 0.185. The Hall–Kier alpha value is -0.830. The highest BCUT2D eigenvalue weighted by Gasteiger charge is 2.03. The first-order valence-corrected chi connectivity index (χ1v) is 2.87. The van der Waals surface area contributed by atoms with E-state index in [2.05, 4.69) is 4.98 Å². The van der Waals surface area contributed by atoms with E-state index in [1.54, 1.807) is 17.7 Å². The van der Waals surface area contributed by atoms with Crippen LogP contribution in [0.4, 0.5) is 0 Å². The second kappa shape index (κ2) is 3.37. The summed E-state index contributed by atoms with van der Waals surface area (Å²) in [6, 6.07) is 0. The molecule has 0 aromatic carbocycles. The third-order valence-corrected chi connectivity index (χ3v) is 1.23. The van der Waals surface area contributed by atoms with E-state index >= 15 is 0 Å². The molecule has 3 nitrogen and oxygen atoms in total. The molecule has 0 saturated carbocycles. The van der Waals surface area contributed by atoms with Crippen LogP contribution in [0.15, 0.2) is 12.4 Å². The third-order valence-electron chi connectivity index (χ3n) is 1.23. The average molecular weight is 142 g/mol. The first-order valence-electron chi connectivity index (χ1n) is 2.87. The van der Waals surface area contributed by atoms with Crippen LogP contribution in [0, 0.1) is 0 Å². The number of hydrogen-bond donors (Lipinski definition) is 1. The van der Waals surface area contributed by atoms with Crippen LogP contribution in [-0.4, -0.2) is 14.7 Å². The lowest BCUT2D eigenvalue weighted by Gasteiger charge is -2.01. The largest absolute Gasteiger partial charge is 0.385 e. The monoisotopic (exact) mass is 142 g/mol. The van der Waals surface area contributed by atoms with Crippen molar-refractivity contribution in [2.24, 2.45) is 7.05 Å². The minimum absolute atomic E-state index is 0. The summed E-state index contributed by atoms with van der Waals surface area (Å²) in [5, 5.41) is 9.01. The molecule has 0 radical (unpaired) electrons. The lowest BCUT2D eigenvalue weighted by Crippen LogP contribution is -2.00. The number of aliphatic hydroxyl groups excluding tert-OH is 1. The molecule has 0 aliphatic heterocycles. The van der Waals surface area contributed by atoms with E-state index in [-0.39, 0.29) is 7.43 Å². The molecule has 1 rings (SSSR count). The molecule has 10 heavy (non-hydrogen) atoms. The number of hydrogen-bond acceptors (Lipinski definition) is 2. The molecule has 1 atom stereocenters. The van der Waals surface area contributed by atoms with Crippen LogP contribution < -0.4 is 0 Å². The van der Waals surface area contributed by atoms with Crippen molar-refractivity contribution < 1.29 is 5.11 Å². The molecular weight excluding hydrogens is 128 g/mol. The van der Waals surface area contributed by atoms with E-state index in [0.717, 1.165) is 0 Å². The SMILES string of the molecule is C.CC(O)c1nccn1C. The maximum Gasteiger partial charge on any atom is 0.137 e. The number of aliphatic hydroxyl groups is 1. The fraction of sp³-hybridized carbons (Fsp3) is 0.571. The van der Waals surface area contributed by atoms with Crippen molar-refractivity contribution in [1.29, 1.82) is 0 Å². The van der Waals surface area contributed by atoms with Gasteiger partial charge in [-0.2, -0.15) is 0 Å². The zero-order valence-corrected chi connectivity index (χ0v) is 5.57. The van der Waals surface area contributed by atoms with Gasteiger partial charge in [0.25, 0.3) is 0 Å². The van der Waals surface area contributed by atoms with Crippen LogP contribution in [0.2, 0.25) is 0 Å². The van der Waals surface area contributed by atoms with Crippen molar-refractivity contribution in [2.75, 3.05) is 0 Å². The summed E-state index contributed by atoms with van der Waals surface area (Å²) >= 11 is 0. The number of imidazole rings is 1. The van der Waals surface area contributed by atoms with Crippen LogP contribution >= 0.6 is 0 Å². The number of nitrogens with zero attached hydrogens (tertiary/aromatic N) is 2. The second-order valence-electron chi connectivity index (χ2n) is 2.07. The van der Waals surface area contributed by atoms with Crippen LogP contribution in [0.5, 0.6) is 0 Å². The summed E-state index contributed by atoms with van der Waals surface area (Å²) in [4.78, 5) is 3.93. The standard InChI is InChI=1S/C6H10N2O.CH4/c1-5(9)6-7-3-4-8(6)2;/h3-5,9H,1-2H3;1H4. The van der Waals surface area contributed by atoms with Gasteiger partial charge < -0.3 is 9.67 Å². The zero-order chi connectivity index (χ0) is 6.85. The van der Waals surface area contributed by atoms with Crippen molar-refractivity contribution in [3.05, 3.63) is 18.2 Å². The van der Waals surface area contributed by atoms with Gasteiger partial charge in [0.2, 0.25) is 0 Å². The average Bonchev–Trinajstić information content (AvgIpc) is 2.13. The van der Waals surface area contributed by atoms with Crippen LogP contribution in [0.1, 0.15) is 26.3 Å². The predicted molar refractivity (Wildman–Crippen MR) is 40.6 cm³/mol. The molecule has 0 spiro atoms. The molecule has 1 aromatic heterocycles. The molecule has 0 aliphatic carbocycles. The van der Waals surface area contributed by atoms with Gasteiger partial charge in [0.05, 0.1) is 0 Å². The van der Waals surface area contributed by atoms with Crippen molar-refractivity contribution in [2.45, 2.75) is 20.5 Å². The maximum atomic E-state index is 9.01. The van der Waals surface area contributed by atoms with Gasteiger partial charge in [0.1, 0.15) is 11.9 Å². The Kier molecular flexibility index (Phi) is 3.09. The molecule has 0 fully saturated rings. The first kappa shape index (κ1) is 9.17. The van der Waals surface area contributed by atoms with Crippen molar-refractivity contribution in [3.8, 4) is 0 Å². The minimum atomic E-state index is -0.468. The predicted octanol–water partition coefficient (Wildman–Crippen LogP) is 1.11. The lowest BCUT2D eigenvalue weighted by atomic mass is 10.4. The Bertz CT molecular complexity index is 193. The van der Waals surface area contributed by atoms with Crippen LogP contribution in [-0.2, 0) is 7.05 Å². The van der Waals surface area contributed by atoms with Gasteiger partial charge in [0.15, 0.2) is 0 Å². The smallest absolute Gasteiger partial charge is 0.137 e. The molecule has 0 bridgehead atoms. The van der Waals surface area contributed by atoms with Gasteiger partial charge in [-0.1, -0.05) is 7.43 Å². The first-order chi connectivity index (χ1) is 4.22. The summed E-state index contributed by atoms with van der Waals surface area (Å²) in [7, 11) is 1.86. The number of rotatable bonds is 1. The van der Waals surface area contributed by atoms with E-state index in [1.165, 1.54) is 0 Å². The highest BCUT2D eigenvalue weighted by atomic mass is 16.3. The molecule has 0 aliphatic rings. The Morgan fingerprint density at radius 1 is 1.70 bits per heavy atom. The maximum absolute atomic E-state index is 9.01. The van der Waals surface area contributed by atoms with E-state index in [4.69, 9.17) is 5.11 Å². The molecule has 0 saturated heterocycles. The number of aromatic nitrogens is 2. The second-order valence-corrected chi connectivity index (χ2v) is 2.07. The van der Waals surface area contributed by atoms with Crippen LogP contribution in [0.25, 0.3) is 0 Å². The molecule has 0 amide bonds. The Labute approximate surface area is 61.3 Å². The fourth-order valence-electron chi connectivity index (χ4n) is 0.780. The normalized spacial score (nSPS) is 12.3. The molecule has 1 aromatic rings. The molecule has 58 valence electrons. The van der Waals surface area contributed by atoms with E-state index in [1.807, 2.05) is 13.2 Å². The van der Waals surface area contributed by atoms with Crippen molar-refractivity contribution in [1.82, 2.24) is 9.55 Å². The Morgan fingerprint density at radius 3 is 2.50 bits per heavy atom. The van der Waals surface area contributed by atoms with E-state index < -0.39 is 6.10 Å². The third kappa shape index (κ3) is 1.57. The molecular formula is C7H14N2O. The summed E-state index contributed by atoms with van der Waals surface area (Å²) in [6.07, 6.45) is 3.01. The topological polar surface area (TPSA) is 38.1 Å². The van der Waals surface area contributed by atoms with E-state index in [9.17, 15) is 0 Å². The highest BCUT2D eigenvalue weighted by Crippen LogP contribution is 2.05. The van der Waals surface area contributed by atoms with Gasteiger partial charge in [-0.05, 0) is 6.92 Å². The fourth-order valence-corrected chi connectivity index (χ4v) is 0.780. The Morgan fingerprint density at radius 2 is 2.30 bits per heavy atom. The molecule has 1 unspecified atom stereocenters. The van der Waals surface area contributed by atoms with E-state index in [0.29, 0.717) is 5.82 Å². The van der Waals surface area contributed by atoms with Gasteiger partial charge in [0, 0.05) is 19.4 Å². The quantitative estimate of drug-likeness (QED) is 0.637. The minimum Gasteiger partial charge on any atom is -0.385 e. The molecule has 1 heterocycles. The summed E-state index contributed by atoms with van der Waals surface area (Å²) in [5.74, 6) is 0.704. The molecule has 3 heteroatoms. The highest BCUT2D eigenvalue weighted by molar-refractivity contribution is 4.93. The van der Waals surface area contributed by atoms with Crippen molar-refractivity contribution >= 4 is 0 Å². The van der Waals surface area contributed by atoms with Gasteiger partial charge in [-0.15, -0.1) is 0 Å². The Balaban J connectivity index is 0.000000810. The zero-order valence-electron chi connectivity index (χ0n) is 5.57. The molecule has 1 N–H and O–H groups in total. The van der Waals surface area contributed by atoms with Crippen molar-refractivity contribution in [3.63, 3.8) is 0 Å². The van der Waals surface area contributed by atoms with Gasteiger partial charge in [-0.25, -0.2) is 4.98 Å². The van der Waals surface area contributed by atoms with Gasteiger partial charge in [-0.3, -0.25) is 0 Å². The van der Waals surface area contributed by atoms with Crippen LogP contribution in [0.3, 0.4) is 0 Å².